The summed E-state index contributed by atoms with van der Waals surface area (Å²) in [5.41, 5.74) is 0.0680. The van der Waals surface area contributed by atoms with E-state index in [2.05, 4.69) is 12.2 Å². The molecule has 1 aliphatic rings. The van der Waals surface area contributed by atoms with E-state index in [4.69, 9.17) is 9.84 Å². The maximum Gasteiger partial charge on any atom is 0.303 e. The maximum atomic E-state index is 10.2. The molecule has 0 aromatic rings. The smallest absolute Gasteiger partial charge is 0.303 e. The quantitative estimate of drug-likeness (QED) is 0.619. The third-order valence-electron chi connectivity index (χ3n) is 2.34. The average Bonchev–Trinajstić information content (AvgIpc) is 2.47. The third kappa shape index (κ3) is 3.74. The van der Waals surface area contributed by atoms with E-state index in [0.29, 0.717) is 6.42 Å². The first-order valence-electron chi connectivity index (χ1n) is 4.67. The second-order valence-electron chi connectivity index (χ2n) is 3.79. The standard InChI is InChI=1S/C9H17NO3/c1-9(4-6-13-7-9)10-5-2-3-8(11)12/h10H,2-7H2,1H3,(H,11,12). The Balaban J connectivity index is 2.07. The van der Waals surface area contributed by atoms with Crippen molar-refractivity contribution in [1.82, 2.24) is 5.32 Å². The molecule has 0 aromatic heterocycles. The zero-order valence-electron chi connectivity index (χ0n) is 8.01. The number of rotatable bonds is 5. The number of carbonyl (C=O) groups is 1. The number of hydrogen-bond acceptors (Lipinski definition) is 3. The Morgan fingerprint density at radius 3 is 3.00 bits per heavy atom. The van der Waals surface area contributed by atoms with Crippen LogP contribution in [0.3, 0.4) is 0 Å². The molecule has 0 radical (unpaired) electrons. The lowest BCUT2D eigenvalue weighted by atomic mass is 10.0. The van der Waals surface area contributed by atoms with Crippen molar-refractivity contribution >= 4 is 5.97 Å². The van der Waals surface area contributed by atoms with Crippen molar-refractivity contribution in [3.05, 3.63) is 0 Å². The Hall–Kier alpha value is -0.610. The van der Waals surface area contributed by atoms with Gasteiger partial charge in [-0.2, -0.15) is 0 Å². The van der Waals surface area contributed by atoms with Gasteiger partial charge in [0.2, 0.25) is 0 Å². The van der Waals surface area contributed by atoms with Gasteiger partial charge in [0.1, 0.15) is 0 Å². The number of carboxylic acid groups (broad SMARTS) is 1. The second-order valence-corrected chi connectivity index (χ2v) is 3.79. The fourth-order valence-electron chi connectivity index (χ4n) is 1.44. The predicted molar refractivity (Wildman–Crippen MR) is 48.7 cm³/mol. The molecule has 0 aliphatic carbocycles. The molecule has 0 saturated carbocycles. The first-order chi connectivity index (χ1) is 6.12. The van der Waals surface area contributed by atoms with Gasteiger partial charge in [0, 0.05) is 18.6 Å². The first kappa shape index (κ1) is 10.5. The monoisotopic (exact) mass is 187 g/mol. The molecule has 1 unspecified atom stereocenters. The normalized spacial score (nSPS) is 27.8. The number of carboxylic acids is 1. The molecule has 1 heterocycles. The maximum absolute atomic E-state index is 10.2. The Morgan fingerprint density at radius 1 is 1.69 bits per heavy atom. The zero-order valence-corrected chi connectivity index (χ0v) is 8.01. The number of ether oxygens (including phenoxy) is 1. The van der Waals surface area contributed by atoms with E-state index in [1.807, 2.05) is 0 Å². The molecule has 4 nitrogen and oxygen atoms in total. The highest BCUT2D eigenvalue weighted by Crippen LogP contribution is 2.17. The van der Waals surface area contributed by atoms with Gasteiger partial charge in [-0.05, 0) is 26.3 Å². The van der Waals surface area contributed by atoms with Crippen LogP contribution in [0, 0.1) is 0 Å². The number of hydrogen-bond donors (Lipinski definition) is 2. The largest absolute Gasteiger partial charge is 0.481 e. The SMILES string of the molecule is CC1(NCCCC(=O)O)CCOC1. The molecule has 4 heteroatoms. The van der Waals surface area contributed by atoms with Crippen LogP contribution >= 0.6 is 0 Å². The van der Waals surface area contributed by atoms with E-state index in [1.54, 1.807) is 0 Å². The van der Waals surface area contributed by atoms with Crippen molar-refractivity contribution in [2.24, 2.45) is 0 Å². The van der Waals surface area contributed by atoms with Gasteiger partial charge in [0.15, 0.2) is 0 Å². The summed E-state index contributed by atoms with van der Waals surface area (Å²) in [6.07, 6.45) is 1.94. The first-order valence-corrected chi connectivity index (χ1v) is 4.67. The van der Waals surface area contributed by atoms with Crippen molar-refractivity contribution in [1.29, 1.82) is 0 Å². The Bertz CT molecular complexity index is 176. The minimum Gasteiger partial charge on any atom is -0.481 e. The van der Waals surface area contributed by atoms with E-state index in [-0.39, 0.29) is 12.0 Å². The van der Waals surface area contributed by atoms with Crippen molar-refractivity contribution in [2.75, 3.05) is 19.8 Å². The van der Waals surface area contributed by atoms with Gasteiger partial charge in [-0.1, -0.05) is 0 Å². The number of nitrogens with one attached hydrogen (secondary N) is 1. The minimum absolute atomic E-state index is 0.0680. The lowest BCUT2D eigenvalue weighted by molar-refractivity contribution is -0.137. The topological polar surface area (TPSA) is 58.6 Å². The van der Waals surface area contributed by atoms with Crippen LogP contribution in [-0.4, -0.2) is 36.4 Å². The Morgan fingerprint density at radius 2 is 2.46 bits per heavy atom. The Labute approximate surface area is 78.3 Å². The van der Waals surface area contributed by atoms with Crippen LogP contribution in [0.25, 0.3) is 0 Å². The molecular formula is C9H17NO3. The highest BCUT2D eigenvalue weighted by Gasteiger charge is 2.28. The molecule has 76 valence electrons. The molecule has 0 aromatic carbocycles. The average molecular weight is 187 g/mol. The second kappa shape index (κ2) is 4.58. The molecule has 1 atom stereocenters. The molecule has 1 fully saturated rings. The van der Waals surface area contributed by atoms with E-state index in [1.165, 1.54) is 0 Å². The molecule has 0 amide bonds. The van der Waals surface area contributed by atoms with Gasteiger partial charge >= 0.3 is 5.97 Å². The third-order valence-corrected chi connectivity index (χ3v) is 2.34. The van der Waals surface area contributed by atoms with Crippen LogP contribution in [-0.2, 0) is 9.53 Å². The summed E-state index contributed by atoms with van der Waals surface area (Å²) in [6, 6.07) is 0. The van der Waals surface area contributed by atoms with E-state index in [0.717, 1.165) is 26.2 Å². The van der Waals surface area contributed by atoms with Crippen LogP contribution in [0.4, 0.5) is 0 Å². The molecular weight excluding hydrogens is 170 g/mol. The van der Waals surface area contributed by atoms with Gasteiger partial charge in [0.05, 0.1) is 6.61 Å². The molecule has 0 spiro atoms. The molecule has 0 bridgehead atoms. The fraction of sp³-hybridized carbons (Fsp3) is 0.889. The lowest BCUT2D eigenvalue weighted by Gasteiger charge is -2.23. The summed E-state index contributed by atoms with van der Waals surface area (Å²) >= 11 is 0. The van der Waals surface area contributed by atoms with Crippen LogP contribution < -0.4 is 5.32 Å². The number of aliphatic carboxylic acids is 1. The zero-order chi connectivity index (χ0) is 9.73. The van der Waals surface area contributed by atoms with Gasteiger partial charge in [-0.25, -0.2) is 0 Å². The lowest BCUT2D eigenvalue weighted by Crippen LogP contribution is -2.43. The summed E-state index contributed by atoms with van der Waals surface area (Å²) in [4.78, 5) is 10.2. The van der Waals surface area contributed by atoms with Crippen LogP contribution in [0.15, 0.2) is 0 Å². The van der Waals surface area contributed by atoms with Crippen LogP contribution in [0.2, 0.25) is 0 Å². The van der Waals surface area contributed by atoms with Crippen LogP contribution in [0.1, 0.15) is 26.2 Å². The van der Waals surface area contributed by atoms with Crippen molar-refractivity contribution < 1.29 is 14.6 Å². The van der Waals surface area contributed by atoms with E-state index in [9.17, 15) is 4.79 Å². The van der Waals surface area contributed by atoms with E-state index >= 15 is 0 Å². The van der Waals surface area contributed by atoms with Gasteiger partial charge in [-0.15, -0.1) is 0 Å². The van der Waals surface area contributed by atoms with Crippen LogP contribution in [0.5, 0.6) is 0 Å². The molecule has 1 aliphatic heterocycles. The Kier molecular flexibility index (Phi) is 3.69. The van der Waals surface area contributed by atoms with Gasteiger partial charge in [-0.3, -0.25) is 4.79 Å². The predicted octanol–water partition coefficient (Wildman–Crippen LogP) is 0.620. The highest BCUT2D eigenvalue weighted by atomic mass is 16.5. The minimum atomic E-state index is -0.727. The highest BCUT2D eigenvalue weighted by molar-refractivity contribution is 5.66. The van der Waals surface area contributed by atoms with Gasteiger partial charge < -0.3 is 15.2 Å². The molecule has 2 N–H and O–H groups in total. The summed E-state index contributed by atoms with van der Waals surface area (Å²) in [6.45, 7) is 4.41. The summed E-state index contributed by atoms with van der Waals surface area (Å²) < 4.78 is 5.26. The fourth-order valence-corrected chi connectivity index (χ4v) is 1.44. The molecule has 1 rings (SSSR count). The van der Waals surface area contributed by atoms with Crippen molar-refractivity contribution in [2.45, 2.75) is 31.7 Å². The summed E-state index contributed by atoms with van der Waals surface area (Å²) in [5.74, 6) is -0.727. The van der Waals surface area contributed by atoms with Crippen molar-refractivity contribution in [3.8, 4) is 0 Å². The van der Waals surface area contributed by atoms with Gasteiger partial charge in [0.25, 0.3) is 0 Å². The van der Waals surface area contributed by atoms with E-state index < -0.39 is 5.97 Å². The summed E-state index contributed by atoms with van der Waals surface area (Å²) in [5, 5.41) is 11.7. The molecule has 1 saturated heterocycles. The van der Waals surface area contributed by atoms with Crippen molar-refractivity contribution in [3.63, 3.8) is 0 Å². The summed E-state index contributed by atoms with van der Waals surface area (Å²) in [7, 11) is 0. The molecule has 13 heavy (non-hydrogen) atoms.